The summed E-state index contributed by atoms with van der Waals surface area (Å²) in [6, 6.07) is 8.37. The number of rotatable bonds is 4. The quantitative estimate of drug-likeness (QED) is 0.914. The van der Waals surface area contributed by atoms with Crippen molar-refractivity contribution < 1.29 is 4.42 Å². The van der Waals surface area contributed by atoms with E-state index in [-0.39, 0.29) is 0 Å². The first kappa shape index (κ1) is 12.7. The summed E-state index contributed by atoms with van der Waals surface area (Å²) in [7, 11) is 1.97. The maximum Gasteiger partial charge on any atom is 0.134 e. The molecular weight excluding hydrogens is 236 g/mol. The van der Waals surface area contributed by atoms with Gasteiger partial charge in [0.05, 0.1) is 6.54 Å². The van der Waals surface area contributed by atoms with Crippen LogP contribution in [0.5, 0.6) is 0 Å². The van der Waals surface area contributed by atoms with E-state index in [9.17, 15) is 0 Å². The van der Waals surface area contributed by atoms with E-state index in [0.29, 0.717) is 0 Å². The van der Waals surface area contributed by atoms with Gasteiger partial charge in [0.1, 0.15) is 11.3 Å². The summed E-state index contributed by atoms with van der Waals surface area (Å²) >= 11 is 0. The molecule has 0 saturated carbocycles. The number of hydrogen-bond acceptors (Lipinski definition) is 3. The van der Waals surface area contributed by atoms with Crippen LogP contribution in [0.15, 0.2) is 28.7 Å². The minimum absolute atomic E-state index is 0.799. The molecule has 3 heteroatoms. The second kappa shape index (κ2) is 5.35. The van der Waals surface area contributed by atoms with Crippen molar-refractivity contribution in [3.63, 3.8) is 0 Å². The molecule has 0 aliphatic carbocycles. The number of benzene rings is 1. The zero-order valence-electron chi connectivity index (χ0n) is 11.8. The number of fused-ring (bicyclic) bond motifs is 1. The van der Waals surface area contributed by atoms with Crippen LogP contribution in [-0.4, -0.2) is 25.0 Å². The van der Waals surface area contributed by atoms with Gasteiger partial charge in [-0.2, -0.15) is 0 Å². The summed E-state index contributed by atoms with van der Waals surface area (Å²) in [6.45, 7) is 6.56. The molecule has 1 aliphatic heterocycles. The second-order valence-corrected chi connectivity index (χ2v) is 5.66. The Morgan fingerprint density at radius 2 is 2.21 bits per heavy atom. The highest BCUT2D eigenvalue weighted by Crippen LogP contribution is 2.28. The zero-order chi connectivity index (χ0) is 13.2. The first-order valence-corrected chi connectivity index (χ1v) is 7.14. The summed E-state index contributed by atoms with van der Waals surface area (Å²) in [5.41, 5.74) is 2.37. The third-order valence-electron chi connectivity index (χ3n) is 4.01. The monoisotopic (exact) mass is 258 g/mol. The Hall–Kier alpha value is -1.32. The smallest absolute Gasteiger partial charge is 0.134 e. The lowest BCUT2D eigenvalue weighted by Gasteiger charge is -2.15. The van der Waals surface area contributed by atoms with E-state index in [0.717, 1.165) is 30.4 Å². The normalized spacial score (nSPS) is 20.4. The molecule has 3 nitrogen and oxygen atoms in total. The van der Waals surface area contributed by atoms with Crippen LogP contribution in [0.2, 0.25) is 0 Å². The van der Waals surface area contributed by atoms with Crippen molar-refractivity contribution in [3.8, 4) is 0 Å². The van der Waals surface area contributed by atoms with Crippen LogP contribution in [0.3, 0.4) is 0 Å². The SMILES string of the molecule is CNCc1oc2ccccc2c1CN1CCC(C)C1. The van der Waals surface area contributed by atoms with Gasteiger partial charge in [-0.1, -0.05) is 25.1 Å². The number of furan rings is 1. The van der Waals surface area contributed by atoms with Gasteiger partial charge in [-0.05, 0) is 32.0 Å². The number of para-hydroxylation sites is 1. The van der Waals surface area contributed by atoms with Gasteiger partial charge in [0.15, 0.2) is 0 Å². The summed E-state index contributed by atoms with van der Waals surface area (Å²) < 4.78 is 5.99. The Balaban J connectivity index is 1.93. The molecule has 0 radical (unpaired) electrons. The average Bonchev–Trinajstić information content (AvgIpc) is 2.96. The molecule has 0 bridgehead atoms. The van der Waals surface area contributed by atoms with Gasteiger partial charge in [-0.25, -0.2) is 0 Å². The third-order valence-corrected chi connectivity index (χ3v) is 4.01. The van der Waals surface area contributed by atoms with E-state index in [1.54, 1.807) is 0 Å². The molecule has 3 rings (SSSR count). The predicted molar refractivity (Wildman–Crippen MR) is 78.0 cm³/mol. The van der Waals surface area contributed by atoms with E-state index in [1.807, 2.05) is 13.1 Å². The maximum absolute atomic E-state index is 5.99. The molecule has 0 spiro atoms. The van der Waals surface area contributed by atoms with Crippen molar-refractivity contribution in [2.45, 2.75) is 26.4 Å². The van der Waals surface area contributed by atoms with Gasteiger partial charge in [0.2, 0.25) is 0 Å². The van der Waals surface area contributed by atoms with E-state index in [4.69, 9.17) is 4.42 Å². The number of nitrogens with zero attached hydrogens (tertiary/aromatic N) is 1. The molecule has 1 saturated heterocycles. The molecule has 1 fully saturated rings. The Morgan fingerprint density at radius 3 is 2.95 bits per heavy atom. The van der Waals surface area contributed by atoms with Crippen molar-refractivity contribution in [1.82, 2.24) is 10.2 Å². The van der Waals surface area contributed by atoms with Crippen LogP contribution < -0.4 is 5.32 Å². The topological polar surface area (TPSA) is 28.4 Å². The molecule has 1 aromatic carbocycles. The van der Waals surface area contributed by atoms with Crippen LogP contribution >= 0.6 is 0 Å². The molecule has 0 amide bonds. The van der Waals surface area contributed by atoms with Crippen LogP contribution in [0.1, 0.15) is 24.7 Å². The van der Waals surface area contributed by atoms with Gasteiger partial charge < -0.3 is 9.73 Å². The van der Waals surface area contributed by atoms with Gasteiger partial charge in [0, 0.05) is 24.0 Å². The Bertz CT molecular complexity index is 561. The molecule has 1 aromatic heterocycles. The molecule has 19 heavy (non-hydrogen) atoms. The molecule has 1 unspecified atom stereocenters. The lowest BCUT2D eigenvalue weighted by molar-refractivity contribution is 0.317. The van der Waals surface area contributed by atoms with Gasteiger partial charge in [-0.3, -0.25) is 4.90 Å². The van der Waals surface area contributed by atoms with E-state index in [1.165, 1.54) is 30.5 Å². The van der Waals surface area contributed by atoms with Crippen LogP contribution in [0.4, 0.5) is 0 Å². The van der Waals surface area contributed by atoms with E-state index < -0.39 is 0 Å². The number of nitrogens with one attached hydrogen (secondary N) is 1. The molecule has 102 valence electrons. The molecule has 1 N–H and O–H groups in total. The molecule has 1 aliphatic rings. The molecule has 2 aromatic rings. The summed E-state index contributed by atoms with van der Waals surface area (Å²) in [4.78, 5) is 2.54. The van der Waals surface area contributed by atoms with Gasteiger partial charge >= 0.3 is 0 Å². The Morgan fingerprint density at radius 1 is 1.37 bits per heavy atom. The average molecular weight is 258 g/mol. The van der Waals surface area contributed by atoms with Gasteiger partial charge in [0.25, 0.3) is 0 Å². The summed E-state index contributed by atoms with van der Waals surface area (Å²) in [5.74, 6) is 1.91. The van der Waals surface area contributed by atoms with Crippen molar-refractivity contribution in [3.05, 3.63) is 35.6 Å². The third kappa shape index (κ3) is 2.53. The Labute approximate surface area is 114 Å². The lowest BCUT2D eigenvalue weighted by Crippen LogP contribution is -2.20. The van der Waals surface area contributed by atoms with Crippen LogP contribution in [-0.2, 0) is 13.1 Å². The minimum atomic E-state index is 0.799. The zero-order valence-corrected chi connectivity index (χ0v) is 11.8. The highest BCUT2D eigenvalue weighted by atomic mass is 16.3. The molecule has 2 heterocycles. The number of likely N-dealkylation sites (tertiary alicyclic amines) is 1. The van der Waals surface area contributed by atoms with E-state index in [2.05, 4.69) is 35.3 Å². The Kier molecular flexibility index (Phi) is 3.58. The highest BCUT2D eigenvalue weighted by molar-refractivity contribution is 5.82. The summed E-state index contributed by atoms with van der Waals surface area (Å²) in [6.07, 6.45) is 1.32. The lowest BCUT2D eigenvalue weighted by atomic mass is 10.1. The number of hydrogen-bond donors (Lipinski definition) is 1. The maximum atomic E-state index is 5.99. The minimum Gasteiger partial charge on any atom is -0.459 e. The van der Waals surface area contributed by atoms with Gasteiger partial charge in [-0.15, -0.1) is 0 Å². The van der Waals surface area contributed by atoms with Crippen LogP contribution in [0, 0.1) is 5.92 Å². The standard InChI is InChI=1S/C16H22N2O/c1-12-7-8-18(10-12)11-14-13-5-3-4-6-15(13)19-16(14)9-17-2/h3-6,12,17H,7-11H2,1-2H3. The van der Waals surface area contributed by atoms with Crippen molar-refractivity contribution in [1.29, 1.82) is 0 Å². The van der Waals surface area contributed by atoms with Crippen molar-refractivity contribution in [2.75, 3.05) is 20.1 Å². The highest BCUT2D eigenvalue weighted by Gasteiger charge is 2.22. The summed E-state index contributed by atoms with van der Waals surface area (Å²) in [5, 5.41) is 4.48. The van der Waals surface area contributed by atoms with Crippen LogP contribution in [0.25, 0.3) is 11.0 Å². The predicted octanol–water partition coefficient (Wildman–Crippen LogP) is 2.99. The van der Waals surface area contributed by atoms with Crippen molar-refractivity contribution in [2.24, 2.45) is 5.92 Å². The molecular formula is C16H22N2O. The largest absolute Gasteiger partial charge is 0.459 e. The first-order valence-electron chi connectivity index (χ1n) is 7.14. The van der Waals surface area contributed by atoms with Crippen molar-refractivity contribution >= 4 is 11.0 Å². The first-order chi connectivity index (χ1) is 9.28. The fourth-order valence-corrected chi connectivity index (χ4v) is 3.02. The fourth-order valence-electron chi connectivity index (χ4n) is 3.02. The molecule has 1 atom stereocenters. The van der Waals surface area contributed by atoms with E-state index >= 15 is 0 Å². The fraction of sp³-hybridized carbons (Fsp3) is 0.500. The second-order valence-electron chi connectivity index (χ2n) is 5.66.